The maximum Gasteiger partial charge on any atom is 0.254 e. The number of rotatable bonds is 3. The Bertz CT molecular complexity index is 1160. The van der Waals surface area contributed by atoms with Crippen LogP contribution in [-0.4, -0.2) is 60.6 Å². The Hall–Kier alpha value is -3.06. The van der Waals surface area contributed by atoms with E-state index in [0.717, 1.165) is 62.0 Å². The number of nitrogens with zero attached hydrogens (tertiary/aromatic N) is 3. The average Bonchev–Trinajstić information content (AvgIpc) is 3.39. The summed E-state index contributed by atoms with van der Waals surface area (Å²) in [5, 5.41) is 0. The molecule has 0 spiro atoms. The molecule has 2 aromatic rings. The van der Waals surface area contributed by atoms with E-state index < -0.39 is 0 Å². The Labute approximate surface area is 226 Å². The number of fused-ring (bicyclic) bond motifs is 2. The Morgan fingerprint density at radius 1 is 0.895 bits per heavy atom. The van der Waals surface area contributed by atoms with Crippen LogP contribution in [0.5, 0.6) is 11.5 Å². The molecular weight excluding hydrogens is 478 g/mol. The lowest BCUT2D eigenvalue weighted by Gasteiger charge is -2.33. The number of anilines is 1. The van der Waals surface area contributed by atoms with Crippen LogP contribution in [0.15, 0.2) is 36.4 Å². The first kappa shape index (κ1) is 26.5. The van der Waals surface area contributed by atoms with E-state index in [0.29, 0.717) is 42.7 Å². The number of hydrogen-bond donors (Lipinski definition) is 0. The normalized spacial score (nSPS) is 19.3. The van der Waals surface area contributed by atoms with Crippen LogP contribution in [0.4, 0.5) is 5.69 Å². The van der Waals surface area contributed by atoms with Gasteiger partial charge in [0.2, 0.25) is 12.7 Å². The lowest BCUT2D eigenvalue weighted by Crippen LogP contribution is -2.41. The highest BCUT2D eigenvalue weighted by Gasteiger charge is 2.31. The van der Waals surface area contributed by atoms with Crippen LogP contribution >= 0.6 is 0 Å². The second kappa shape index (κ2) is 11.8. The number of ether oxygens (including phenoxy) is 2. The molecule has 2 aliphatic heterocycles. The van der Waals surface area contributed by atoms with Crippen molar-refractivity contribution in [3.05, 3.63) is 53.1 Å². The van der Waals surface area contributed by atoms with Crippen LogP contribution in [0, 0.1) is 12.8 Å². The minimum absolute atomic E-state index is 0.0381. The molecule has 2 amide bonds. The fourth-order valence-corrected chi connectivity index (χ4v) is 6.12. The molecule has 5 rings (SSSR count). The lowest BCUT2D eigenvalue weighted by atomic mass is 9.87. The van der Waals surface area contributed by atoms with Gasteiger partial charge in [0.05, 0.1) is 5.69 Å². The van der Waals surface area contributed by atoms with E-state index in [1.165, 1.54) is 6.42 Å². The zero-order valence-corrected chi connectivity index (χ0v) is 23.1. The van der Waals surface area contributed by atoms with Gasteiger partial charge in [-0.2, -0.15) is 0 Å². The lowest BCUT2D eigenvalue weighted by molar-refractivity contribution is -0.123. The van der Waals surface area contributed by atoms with Crippen LogP contribution < -0.4 is 14.4 Å². The molecule has 0 unspecified atom stereocenters. The van der Waals surface area contributed by atoms with Crippen LogP contribution in [0.1, 0.15) is 73.9 Å². The molecule has 0 bridgehead atoms. The standard InChI is InChI=1S/C31H41N3O4/c1-22(2)32-15-8-16-34(31(36)24-10-5-4-6-11-24)29-23(3)9-7-12-26(29)20-33(18-17-32)30(35)25-13-14-27-28(19-25)38-21-37-27/h7,9,12-14,19,22,24H,4-6,8,10-11,15-18,20-21H2,1-3H3. The highest BCUT2D eigenvalue weighted by Crippen LogP contribution is 2.35. The van der Waals surface area contributed by atoms with Crippen LogP contribution in [0.25, 0.3) is 0 Å². The summed E-state index contributed by atoms with van der Waals surface area (Å²) >= 11 is 0. The Morgan fingerprint density at radius 3 is 2.47 bits per heavy atom. The molecule has 7 heteroatoms. The summed E-state index contributed by atoms with van der Waals surface area (Å²) in [7, 11) is 0. The van der Waals surface area contributed by atoms with Gasteiger partial charge in [-0.3, -0.25) is 14.5 Å². The number of benzene rings is 2. The summed E-state index contributed by atoms with van der Waals surface area (Å²) in [6.07, 6.45) is 6.33. The maximum atomic E-state index is 14.0. The first-order chi connectivity index (χ1) is 18.4. The second-order valence-electron chi connectivity index (χ2n) is 11.2. The molecule has 1 saturated carbocycles. The molecule has 204 valence electrons. The van der Waals surface area contributed by atoms with E-state index in [1.807, 2.05) is 23.1 Å². The van der Waals surface area contributed by atoms with Gasteiger partial charge in [0.25, 0.3) is 5.91 Å². The molecule has 2 aromatic carbocycles. The van der Waals surface area contributed by atoms with Crippen molar-refractivity contribution in [3.63, 3.8) is 0 Å². The van der Waals surface area contributed by atoms with E-state index in [2.05, 4.69) is 42.7 Å². The summed E-state index contributed by atoms with van der Waals surface area (Å²) in [5.74, 6) is 1.59. The number of amides is 2. The quantitative estimate of drug-likeness (QED) is 0.544. The molecule has 3 aliphatic rings. The van der Waals surface area contributed by atoms with Crippen molar-refractivity contribution in [3.8, 4) is 11.5 Å². The molecule has 0 N–H and O–H groups in total. The molecule has 0 aromatic heterocycles. The van der Waals surface area contributed by atoms with Gasteiger partial charge < -0.3 is 19.3 Å². The van der Waals surface area contributed by atoms with Crippen molar-refractivity contribution in [2.24, 2.45) is 5.92 Å². The topological polar surface area (TPSA) is 62.3 Å². The molecule has 2 heterocycles. The summed E-state index contributed by atoms with van der Waals surface area (Å²) in [4.78, 5) is 34.3. The van der Waals surface area contributed by atoms with Gasteiger partial charge in [-0.05, 0) is 69.4 Å². The predicted molar refractivity (Wildman–Crippen MR) is 149 cm³/mol. The summed E-state index contributed by atoms with van der Waals surface area (Å²) in [6.45, 7) is 10.1. The maximum absolute atomic E-state index is 14.0. The van der Waals surface area contributed by atoms with E-state index in [9.17, 15) is 9.59 Å². The minimum Gasteiger partial charge on any atom is -0.454 e. The van der Waals surface area contributed by atoms with E-state index in [1.54, 1.807) is 6.07 Å². The molecule has 1 fully saturated rings. The number of hydrogen-bond acceptors (Lipinski definition) is 5. The summed E-state index contributed by atoms with van der Waals surface area (Å²) < 4.78 is 11.0. The van der Waals surface area contributed by atoms with Crippen LogP contribution in [-0.2, 0) is 11.3 Å². The average molecular weight is 520 g/mol. The van der Waals surface area contributed by atoms with Gasteiger partial charge in [-0.1, -0.05) is 37.5 Å². The van der Waals surface area contributed by atoms with Crippen LogP contribution in [0.3, 0.4) is 0 Å². The number of aryl methyl sites for hydroxylation is 1. The Balaban J connectivity index is 1.51. The highest BCUT2D eigenvalue weighted by atomic mass is 16.7. The molecule has 0 saturated heterocycles. The van der Waals surface area contributed by atoms with Crippen molar-refractivity contribution in [1.29, 1.82) is 0 Å². The first-order valence-electron chi connectivity index (χ1n) is 14.2. The third kappa shape index (κ3) is 5.68. The van der Waals surface area contributed by atoms with Gasteiger partial charge in [0.1, 0.15) is 0 Å². The van der Waals surface area contributed by atoms with Gasteiger partial charge in [0, 0.05) is 50.2 Å². The zero-order valence-electron chi connectivity index (χ0n) is 23.1. The molecule has 1 aliphatic carbocycles. The third-order valence-corrected chi connectivity index (χ3v) is 8.29. The Kier molecular flexibility index (Phi) is 8.22. The van der Waals surface area contributed by atoms with Crippen molar-refractivity contribution in [1.82, 2.24) is 9.80 Å². The zero-order chi connectivity index (χ0) is 26.6. The molecular formula is C31H41N3O4. The van der Waals surface area contributed by atoms with Crippen LogP contribution in [0.2, 0.25) is 0 Å². The Morgan fingerprint density at radius 2 is 1.68 bits per heavy atom. The third-order valence-electron chi connectivity index (χ3n) is 8.29. The van der Waals surface area contributed by atoms with E-state index in [-0.39, 0.29) is 24.5 Å². The molecule has 0 radical (unpaired) electrons. The smallest absolute Gasteiger partial charge is 0.254 e. The monoisotopic (exact) mass is 519 g/mol. The SMILES string of the molecule is Cc1cccc2c1N(C(=O)C1CCCCC1)CCCN(C(C)C)CCN(C(=O)c1ccc3c(c1)OCO3)C2. The predicted octanol–water partition coefficient (Wildman–Crippen LogP) is 5.39. The second-order valence-corrected chi connectivity index (χ2v) is 11.2. The highest BCUT2D eigenvalue weighted by molar-refractivity contribution is 5.97. The molecule has 7 nitrogen and oxygen atoms in total. The van der Waals surface area contributed by atoms with Crippen molar-refractivity contribution in [2.45, 2.75) is 71.9 Å². The fraction of sp³-hybridized carbons (Fsp3) is 0.548. The van der Waals surface area contributed by atoms with Gasteiger partial charge in [-0.15, -0.1) is 0 Å². The van der Waals surface area contributed by atoms with Crippen molar-refractivity contribution in [2.75, 3.05) is 37.9 Å². The number of carbonyl (C=O) groups is 2. The van der Waals surface area contributed by atoms with Crippen molar-refractivity contribution >= 4 is 17.5 Å². The number of carbonyl (C=O) groups excluding carboxylic acids is 2. The van der Waals surface area contributed by atoms with E-state index in [4.69, 9.17) is 9.47 Å². The largest absolute Gasteiger partial charge is 0.454 e. The van der Waals surface area contributed by atoms with Gasteiger partial charge in [0.15, 0.2) is 11.5 Å². The minimum atomic E-state index is -0.0381. The fourth-order valence-electron chi connectivity index (χ4n) is 6.12. The molecule has 0 atom stereocenters. The summed E-state index contributed by atoms with van der Waals surface area (Å²) in [6, 6.07) is 12.0. The number of para-hydroxylation sites is 1. The first-order valence-corrected chi connectivity index (χ1v) is 14.2. The van der Waals surface area contributed by atoms with Crippen molar-refractivity contribution < 1.29 is 19.1 Å². The van der Waals surface area contributed by atoms with Gasteiger partial charge in [-0.25, -0.2) is 0 Å². The molecule has 38 heavy (non-hydrogen) atoms. The van der Waals surface area contributed by atoms with E-state index >= 15 is 0 Å². The van der Waals surface area contributed by atoms with Gasteiger partial charge >= 0.3 is 0 Å². The summed E-state index contributed by atoms with van der Waals surface area (Å²) in [5.41, 5.74) is 3.69.